The van der Waals surface area contributed by atoms with Gasteiger partial charge in [-0.15, -0.1) is 0 Å². The topological polar surface area (TPSA) is 20.2 Å². The summed E-state index contributed by atoms with van der Waals surface area (Å²) in [5.74, 6) is -0.909. The van der Waals surface area contributed by atoms with E-state index in [9.17, 15) is 13.9 Å². The second-order valence-electron chi connectivity index (χ2n) is 4.79. The molecule has 0 bridgehead atoms. The average molecular weight is 212 g/mol. The van der Waals surface area contributed by atoms with Crippen molar-refractivity contribution < 1.29 is 13.9 Å². The highest BCUT2D eigenvalue weighted by Crippen LogP contribution is 2.52. The smallest absolute Gasteiger partial charge is 0.126 e. The minimum absolute atomic E-state index is 0.0943. The summed E-state index contributed by atoms with van der Waals surface area (Å²) in [6, 6.07) is 3.49. The zero-order valence-electron chi connectivity index (χ0n) is 8.80. The standard InChI is InChI=1S/C12H14F2O/c1-12(2)9(6-11(12)15)8-5-7(13)3-4-10(8)14/h3-5,9,11,15H,6H2,1-2H3. The SMILES string of the molecule is CC1(C)C(O)CC1c1cc(F)ccc1F. The average Bonchev–Trinajstić information content (AvgIpc) is 2.18. The van der Waals surface area contributed by atoms with Gasteiger partial charge in [0.25, 0.3) is 0 Å². The molecule has 0 aliphatic heterocycles. The lowest BCUT2D eigenvalue weighted by atomic mass is 9.58. The molecule has 1 nitrogen and oxygen atoms in total. The molecule has 1 aromatic carbocycles. The van der Waals surface area contributed by atoms with Crippen LogP contribution in [0.25, 0.3) is 0 Å². The third-order valence-corrected chi connectivity index (χ3v) is 3.55. The molecule has 2 rings (SSSR count). The molecule has 1 saturated carbocycles. The Hall–Kier alpha value is -0.960. The Morgan fingerprint density at radius 1 is 1.33 bits per heavy atom. The van der Waals surface area contributed by atoms with Gasteiger partial charge < -0.3 is 5.11 Å². The summed E-state index contributed by atoms with van der Waals surface area (Å²) in [6.07, 6.45) is 0.0815. The molecule has 1 N–H and O–H groups in total. The van der Waals surface area contributed by atoms with Crippen LogP contribution in [0.5, 0.6) is 0 Å². The highest BCUT2D eigenvalue weighted by molar-refractivity contribution is 5.28. The summed E-state index contributed by atoms with van der Waals surface area (Å²) in [4.78, 5) is 0. The fourth-order valence-electron chi connectivity index (χ4n) is 2.21. The number of halogens is 2. The molecular weight excluding hydrogens is 198 g/mol. The van der Waals surface area contributed by atoms with E-state index in [4.69, 9.17) is 0 Å². The fourth-order valence-corrected chi connectivity index (χ4v) is 2.21. The van der Waals surface area contributed by atoms with Crippen molar-refractivity contribution in [2.45, 2.75) is 32.3 Å². The lowest BCUT2D eigenvalue weighted by molar-refractivity contribution is -0.0636. The summed E-state index contributed by atoms with van der Waals surface area (Å²) in [5.41, 5.74) is 0.0135. The lowest BCUT2D eigenvalue weighted by Gasteiger charge is -2.49. The first kappa shape index (κ1) is 10.6. The van der Waals surface area contributed by atoms with E-state index in [0.717, 1.165) is 12.1 Å². The van der Waals surface area contributed by atoms with Crippen molar-refractivity contribution in [1.29, 1.82) is 0 Å². The fraction of sp³-hybridized carbons (Fsp3) is 0.500. The Labute approximate surface area is 87.7 Å². The highest BCUT2D eigenvalue weighted by atomic mass is 19.1. The summed E-state index contributed by atoms with van der Waals surface area (Å²) in [7, 11) is 0. The molecule has 0 amide bonds. The number of hydrogen-bond donors (Lipinski definition) is 1. The Morgan fingerprint density at radius 2 is 2.00 bits per heavy atom. The first-order valence-corrected chi connectivity index (χ1v) is 5.06. The van der Waals surface area contributed by atoms with Gasteiger partial charge in [0, 0.05) is 0 Å². The van der Waals surface area contributed by atoms with E-state index in [0.29, 0.717) is 12.0 Å². The van der Waals surface area contributed by atoms with Crippen LogP contribution in [0.15, 0.2) is 18.2 Å². The minimum Gasteiger partial charge on any atom is -0.393 e. The van der Waals surface area contributed by atoms with Gasteiger partial charge in [-0.1, -0.05) is 13.8 Å². The molecule has 2 unspecified atom stereocenters. The number of aliphatic hydroxyl groups excluding tert-OH is 1. The van der Waals surface area contributed by atoms with Crippen molar-refractivity contribution in [3.8, 4) is 0 Å². The molecule has 0 aromatic heterocycles. The van der Waals surface area contributed by atoms with E-state index in [-0.39, 0.29) is 17.2 Å². The van der Waals surface area contributed by atoms with Crippen LogP contribution in [0.1, 0.15) is 31.7 Å². The monoisotopic (exact) mass is 212 g/mol. The molecule has 1 aliphatic rings. The lowest BCUT2D eigenvalue weighted by Crippen LogP contribution is -2.47. The third kappa shape index (κ3) is 1.55. The predicted octanol–water partition coefficient (Wildman–Crippen LogP) is 2.84. The van der Waals surface area contributed by atoms with Gasteiger partial charge in [0.05, 0.1) is 6.10 Å². The molecule has 3 heteroatoms. The van der Waals surface area contributed by atoms with Gasteiger partial charge in [-0.2, -0.15) is 0 Å². The number of hydrogen-bond acceptors (Lipinski definition) is 1. The first-order valence-electron chi connectivity index (χ1n) is 5.06. The maximum atomic E-state index is 13.5. The molecule has 0 saturated heterocycles. The largest absolute Gasteiger partial charge is 0.393 e. The van der Waals surface area contributed by atoms with E-state index in [1.54, 1.807) is 0 Å². The van der Waals surface area contributed by atoms with Crippen molar-refractivity contribution >= 4 is 0 Å². The molecule has 2 atom stereocenters. The third-order valence-electron chi connectivity index (χ3n) is 3.55. The number of rotatable bonds is 1. The van der Waals surface area contributed by atoms with Crippen molar-refractivity contribution in [1.82, 2.24) is 0 Å². The normalized spacial score (nSPS) is 28.6. The molecule has 0 radical (unpaired) electrons. The minimum atomic E-state index is -0.427. The van der Waals surface area contributed by atoms with Gasteiger partial charge in [0.2, 0.25) is 0 Å². The Morgan fingerprint density at radius 3 is 2.53 bits per heavy atom. The zero-order chi connectivity index (χ0) is 11.2. The Balaban J connectivity index is 2.35. The van der Waals surface area contributed by atoms with Crippen LogP contribution in [-0.2, 0) is 0 Å². The van der Waals surface area contributed by atoms with Gasteiger partial charge in [0.1, 0.15) is 11.6 Å². The van der Waals surface area contributed by atoms with Crippen molar-refractivity contribution in [2.24, 2.45) is 5.41 Å². The van der Waals surface area contributed by atoms with Gasteiger partial charge in [-0.05, 0) is 41.5 Å². The van der Waals surface area contributed by atoms with E-state index in [2.05, 4.69) is 0 Å². The second-order valence-corrected chi connectivity index (χ2v) is 4.79. The Kier molecular flexibility index (Phi) is 2.30. The van der Waals surface area contributed by atoms with E-state index >= 15 is 0 Å². The highest BCUT2D eigenvalue weighted by Gasteiger charge is 2.48. The van der Waals surface area contributed by atoms with Crippen LogP contribution in [0.2, 0.25) is 0 Å². The molecule has 1 aliphatic carbocycles. The zero-order valence-corrected chi connectivity index (χ0v) is 8.80. The summed E-state index contributed by atoms with van der Waals surface area (Å²) < 4.78 is 26.5. The predicted molar refractivity (Wildman–Crippen MR) is 53.5 cm³/mol. The maximum Gasteiger partial charge on any atom is 0.126 e. The number of benzene rings is 1. The van der Waals surface area contributed by atoms with Gasteiger partial charge in [-0.25, -0.2) is 8.78 Å². The van der Waals surface area contributed by atoms with Crippen molar-refractivity contribution in [3.05, 3.63) is 35.4 Å². The molecule has 0 heterocycles. The molecular formula is C12H14F2O. The van der Waals surface area contributed by atoms with Crippen molar-refractivity contribution in [2.75, 3.05) is 0 Å². The van der Waals surface area contributed by atoms with Crippen LogP contribution in [0.4, 0.5) is 8.78 Å². The van der Waals surface area contributed by atoms with E-state index in [1.807, 2.05) is 13.8 Å². The number of aliphatic hydroxyl groups is 1. The van der Waals surface area contributed by atoms with Crippen LogP contribution in [0.3, 0.4) is 0 Å². The van der Waals surface area contributed by atoms with E-state index in [1.165, 1.54) is 6.07 Å². The summed E-state index contributed by atoms with van der Waals surface area (Å²) >= 11 is 0. The molecule has 82 valence electrons. The van der Waals surface area contributed by atoms with Crippen LogP contribution < -0.4 is 0 Å². The maximum absolute atomic E-state index is 13.5. The quantitative estimate of drug-likeness (QED) is 0.759. The summed E-state index contributed by atoms with van der Waals surface area (Å²) in [6.45, 7) is 3.74. The van der Waals surface area contributed by atoms with Crippen molar-refractivity contribution in [3.63, 3.8) is 0 Å². The van der Waals surface area contributed by atoms with Crippen LogP contribution in [-0.4, -0.2) is 11.2 Å². The van der Waals surface area contributed by atoms with Gasteiger partial charge in [-0.3, -0.25) is 0 Å². The second kappa shape index (κ2) is 3.27. The van der Waals surface area contributed by atoms with Gasteiger partial charge >= 0.3 is 0 Å². The summed E-state index contributed by atoms with van der Waals surface area (Å²) in [5, 5.41) is 9.55. The molecule has 1 aromatic rings. The molecule has 0 spiro atoms. The van der Waals surface area contributed by atoms with E-state index < -0.39 is 11.9 Å². The first-order chi connectivity index (χ1) is 6.93. The van der Waals surface area contributed by atoms with Crippen LogP contribution in [0, 0.1) is 17.0 Å². The van der Waals surface area contributed by atoms with Crippen LogP contribution >= 0.6 is 0 Å². The van der Waals surface area contributed by atoms with Gasteiger partial charge in [0.15, 0.2) is 0 Å². The molecule has 15 heavy (non-hydrogen) atoms. The Bertz CT molecular complexity index is 387. The molecule has 1 fully saturated rings.